The Morgan fingerprint density at radius 2 is 2.33 bits per heavy atom. The first-order chi connectivity index (χ1) is 5.73. The molecule has 0 heterocycles. The van der Waals surface area contributed by atoms with E-state index < -0.39 is 0 Å². The molecule has 0 bridgehead atoms. The van der Waals surface area contributed by atoms with Crippen molar-refractivity contribution in [3.8, 4) is 0 Å². The van der Waals surface area contributed by atoms with Gasteiger partial charge in [0.1, 0.15) is 6.29 Å². The molecule has 1 rings (SSSR count). The molecule has 0 N–H and O–H groups in total. The second-order valence-electron chi connectivity index (χ2n) is 4.09. The molecule has 0 saturated heterocycles. The summed E-state index contributed by atoms with van der Waals surface area (Å²) in [5.41, 5.74) is -0.0631. The van der Waals surface area contributed by atoms with Crippen molar-refractivity contribution in [3.63, 3.8) is 0 Å². The van der Waals surface area contributed by atoms with Crippen LogP contribution in [-0.2, 0) is 4.79 Å². The third-order valence-corrected chi connectivity index (χ3v) is 3.17. The Labute approximate surface area is 74.9 Å². The normalized spacial score (nSPS) is 35.9. The molecular formula is C11H18O. The summed E-state index contributed by atoms with van der Waals surface area (Å²) in [6, 6.07) is 0. The summed E-state index contributed by atoms with van der Waals surface area (Å²) in [6.07, 6.45) is 8.84. The van der Waals surface area contributed by atoms with Crippen LogP contribution in [0.15, 0.2) is 12.7 Å². The maximum atomic E-state index is 10.9. The fraction of sp³-hybridized carbons (Fsp3) is 0.727. The molecule has 1 fully saturated rings. The fourth-order valence-electron chi connectivity index (χ4n) is 2.17. The molecule has 1 aliphatic carbocycles. The number of hydrogen-bond acceptors (Lipinski definition) is 1. The largest absolute Gasteiger partial charge is 0.303 e. The van der Waals surface area contributed by atoms with Crippen molar-refractivity contribution in [2.75, 3.05) is 0 Å². The second-order valence-corrected chi connectivity index (χ2v) is 4.09. The van der Waals surface area contributed by atoms with Crippen molar-refractivity contribution in [3.05, 3.63) is 12.7 Å². The molecule has 0 aromatic rings. The van der Waals surface area contributed by atoms with Gasteiger partial charge >= 0.3 is 0 Å². The smallest absolute Gasteiger partial charge is 0.126 e. The zero-order valence-electron chi connectivity index (χ0n) is 7.88. The number of hydrogen-bond donors (Lipinski definition) is 0. The van der Waals surface area contributed by atoms with Gasteiger partial charge in [0.25, 0.3) is 0 Å². The highest BCUT2D eigenvalue weighted by molar-refractivity contribution is 5.59. The highest BCUT2D eigenvalue weighted by atomic mass is 16.1. The molecule has 1 heteroatoms. The Morgan fingerprint density at radius 3 is 2.92 bits per heavy atom. The Morgan fingerprint density at radius 1 is 1.58 bits per heavy atom. The highest BCUT2D eigenvalue weighted by Gasteiger charge is 2.35. The van der Waals surface area contributed by atoms with Gasteiger partial charge in [-0.3, -0.25) is 0 Å². The van der Waals surface area contributed by atoms with E-state index in [0.717, 1.165) is 19.1 Å². The van der Waals surface area contributed by atoms with Crippen LogP contribution in [0.2, 0.25) is 0 Å². The molecule has 1 saturated carbocycles. The maximum absolute atomic E-state index is 10.9. The molecule has 12 heavy (non-hydrogen) atoms. The fourth-order valence-corrected chi connectivity index (χ4v) is 2.17. The minimum absolute atomic E-state index is 0.0631. The minimum Gasteiger partial charge on any atom is -0.303 e. The molecule has 0 aliphatic heterocycles. The van der Waals surface area contributed by atoms with Gasteiger partial charge in [-0.15, -0.1) is 6.58 Å². The number of allylic oxidation sites excluding steroid dienone is 1. The quantitative estimate of drug-likeness (QED) is 0.465. The Hall–Kier alpha value is -0.590. The monoisotopic (exact) mass is 166 g/mol. The molecular weight excluding hydrogens is 148 g/mol. The maximum Gasteiger partial charge on any atom is 0.126 e. The van der Waals surface area contributed by atoms with Crippen LogP contribution in [0, 0.1) is 11.3 Å². The van der Waals surface area contributed by atoms with Crippen molar-refractivity contribution < 1.29 is 4.79 Å². The zero-order chi connectivity index (χ0) is 9.03. The third kappa shape index (κ3) is 1.77. The van der Waals surface area contributed by atoms with E-state index in [9.17, 15) is 4.79 Å². The standard InChI is InChI=1S/C11H18O/c1-3-6-10-7-4-5-8-11(10,2)9-12/h3,9-10H,1,4-8H2,2H3/t10-,11-/m0/s1. The summed E-state index contributed by atoms with van der Waals surface area (Å²) < 4.78 is 0. The lowest BCUT2D eigenvalue weighted by molar-refractivity contribution is -0.119. The number of carbonyl (C=O) groups is 1. The van der Waals surface area contributed by atoms with Gasteiger partial charge in [-0.2, -0.15) is 0 Å². The number of aldehydes is 1. The first kappa shape index (κ1) is 9.50. The predicted molar refractivity (Wildman–Crippen MR) is 50.9 cm³/mol. The summed E-state index contributed by atoms with van der Waals surface area (Å²) in [5, 5.41) is 0. The molecule has 0 aromatic carbocycles. The van der Waals surface area contributed by atoms with Crippen molar-refractivity contribution in [2.24, 2.45) is 11.3 Å². The van der Waals surface area contributed by atoms with Crippen LogP contribution in [0.4, 0.5) is 0 Å². The molecule has 0 aromatic heterocycles. The summed E-state index contributed by atoms with van der Waals surface area (Å²) in [6.45, 7) is 5.83. The van der Waals surface area contributed by atoms with Crippen LogP contribution in [0.1, 0.15) is 39.0 Å². The summed E-state index contributed by atoms with van der Waals surface area (Å²) in [4.78, 5) is 10.9. The second kappa shape index (κ2) is 3.88. The van der Waals surface area contributed by atoms with E-state index in [1.54, 1.807) is 0 Å². The molecule has 68 valence electrons. The van der Waals surface area contributed by atoms with Gasteiger partial charge in [-0.25, -0.2) is 0 Å². The SMILES string of the molecule is C=CC[C@H]1CCCC[C@@]1(C)C=O. The van der Waals surface area contributed by atoms with Gasteiger partial charge in [0, 0.05) is 5.41 Å². The number of rotatable bonds is 3. The van der Waals surface area contributed by atoms with Crippen molar-refractivity contribution in [1.29, 1.82) is 0 Å². The van der Waals surface area contributed by atoms with Crippen LogP contribution in [0.3, 0.4) is 0 Å². The predicted octanol–water partition coefficient (Wildman–Crippen LogP) is 2.96. The molecule has 0 spiro atoms. The molecule has 0 amide bonds. The van der Waals surface area contributed by atoms with Gasteiger partial charge < -0.3 is 4.79 Å². The van der Waals surface area contributed by atoms with Gasteiger partial charge in [-0.1, -0.05) is 25.8 Å². The first-order valence-corrected chi connectivity index (χ1v) is 4.80. The van der Waals surface area contributed by atoms with E-state index in [2.05, 4.69) is 13.5 Å². The summed E-state index contributed by atoms with van der Waals surface area (Å²) >= 11 is 0. The van der Waals surface area contributed by atoms with Crippen LogP contribution >= 0.6 is 0 Å². The van der Waals surface area contributed by atoms with E-state index in [-0.39, 0.29) is 5.41 Å². The average molecular weight is 166 g/mol. The Bertz CT molecular complexity index is 174. The summed E-state index contributed by atoms with van der Waals surface area (Å²) in [7, 11) is 0. The number of carbonyl (C=O) groups excluding carboxylic acids is 1. The Balaban J connectivity index is 2.65. The van der Waals surface area contributed by atoms with E-state index in [1.165, 1.54) is 19.3 Å². The topological polar surface area (TPSA) is 17.1 Å². The molecule has 2 atom stereocenters. The molecule has 1 nitrogen and oxygen atoms in total. The highest BCUT2D eigenvalue weighted by Crippen LogP contribution is 2.41. The third-order valence-electron chi connectivity index (χ3n) is 3.17. The van der Waals surface area contributed by atoms with Gasteiger partial charge in [0.05, 0.1) is 0 Å². The lowest BCUT2D eigenvalue weighted by atomic mass is 9.67. The van der Waals surface area contributed by atoms with Crippen molar-refractivity contribution in [2.45, 2.75) is 39.0 Å². The first-order valence-electron chi connectivity index (χ1n) is 4.80. The average Bonchev–Trinajstić information content (AvgIpc) is 2.10. The van der Waals surface area contributed by atoms with E-state index in [4.69, 9.17) is 0 Å². The van der Waals surface area contributed by atoms with Crippen LogP contribution < -0.4 is 0 Å². The minimum atomic E-state index is -0.0631. The zero-order valence-corrected chi connectivity index (χ0v) is 7.88. The lowest BCUT2D eigenvalue weighted by Crippen LogP contribution is -2.31. The van der Waals surface area contributed by atoms with Crippen LogP contribution in [0.5, 0.6) is 0 Å². The van der Waals surface area contributed by atoms with Crippen LogP contribution in [0.25, 0.3) is 0 Å². The van der Waals surface area contributed by atoms with E-state index >= 15 is 0 Å². The van der Waals surface area contributed by atoms with Crippen LogP contribution in [-0.4, -0.2) is 6.29 Å². The van der Waals surface area contributed by atoms with E-state index in [1.807, 2.05) is 6.08 Å². The summed E-state index contributed by atoms with van der Waals surface area (Å²) in [5.74, 6) is 0.543. The van der Waals surface area contributed by atoms with Gasteiger partial charge in [0.2, 0.25) is 0 Å². The Kier molecular flexibility index (Phi) is 3.07. The van der Waals surface area contributed by atoms with E-state index in [0.29, 0.717) is 5.92 Å². The van der Waals surface area contributed by atoms with Gasteiger partial charge in [0.15, 0.2) is 0 Å². The molecule has 1 aliphatic rings. The molecule has 0 radical (unpaired) electrons. The van der Waals surface area contributed by atoms with Crippen molar-refractivity contribution in [1.82, 2.24) is 0 Å². The lowest BCUT2D eigenvalue weighted by Gasteiger charge is -2.36. The molecule has 0 unspecified atom stereocenters. The van der Waals surface area contributed by atoms with Gasteiger partial charge in [-0.05, 0) is 25.2 Å². The van der Waals surface area contributed by atoms with Crippen molar-refractivity contribution >= 4 is 6.29 Å².